The summed E-state index contributed by atoms with van der Waals surface area (Å²) in [5.41, 5.74) is 1.96. The Balaban J connectivity index is 1.79. The number of nitrogens with zero attached hydrogens (tertiary/aromatic N) is 2. The lowest BCUT2D eigenvalue weighted by Gasteiger charge is -2.14. The van der Waals surface area contributed by atoms with Crippen LogP contribution in [-0.2, 0) is 11.4 Å². The number of anilines is 1. The predicted octanol–water partition coefficient (Wildman–Crippen LogP) is 6.43. The molecule has 5 nitrogen and oxygen atoms in total. The average Bonchev–Trinajstić information content (AvgIpc) is 2.84. The van der Waals surface area contributed by atoms with Gasteiger partial charge >= 0.3 is 0 Å². The first kappa shape index (κ1) is 24.4. The smallest absolute Gasteiger partial charge is 0.255 e. The SMILES string of the molecule is CNc1cccc(CON=C(c2ccc(=O)n(-c3c(Cl)cccc3Cl)c2)c2ccc(F)cc2F)c1. The minimum Gasteiger partial charge on any atom is -0.390 e. The van der Waals surface area contributed by atoms with Crippen LogP contribution >= 0.6 is 23.2 Å². The summed E-state index contributed by atoms with van der Waals surface area (Å²) < 4.78 is 29.6. The molecular weight excluding hydrogens is 495 g/mol. The normalized spacial score (nSPS) is 11.4. The van der Waals surface area contributed by atoms with Crippen molar-refractivity contribution < 1.29 is 13.6 Å². The number of benzene rings is 3. The van der Waals surface area contributed by atoms with E-state index < -0.39 is 17.2 Å². The van der Waals surface area contributed by atoms with Gasteiger partial charge < -0.3 is 10.2 Å². The van der Waals surface area contributed by atoms with E-state index in [2.05, 4.69) is 10.5 Å². The zero-order chi connectivity index (χ0) is 24.9. The Hall–Kier alpha value is -3.68. The van der Waals surface area contributed by atoms with E-state index in [0.29, 0.717) is 5.56 Å². The zero-order valence-electron chi connectivity index (χ0n) is 18.4. The van der Waals surface area contributed by atoms with Gasteiger partial charge in [-0.2, -0.15) is 0 Å². The van der Waals surface area contributed by atoms with E-state index in [9.17, 15) is 13.6 Å². The van der Waals surface area contributed by atoms with Crippen molar-refractivity contribution in [2.45, 2.75) is 6.61 Å². The number of nitrogens with one attached hydrogen (secondary N) is 1. The Kier molecular flexibility index (Phi) is 7.48. The van der Waals surface area contributed by atoms with Gasteiger partial charge in [-0.3, -0.25) is 9.36 Å². The van der Waals surface area contributed by atoms with Gasteiger partial charge in [0.2, 0.25) is 0 Å². The van der Waals surface area contributed by atoms with Gasteiger partial charge in [0.15, 0.2) is 0 Å². The Labute approximate surface area is 210 Å². The summed E-state index contributed by atoms with van der Waals surface area (Å²) in [6, 6.07) is 18.2. The Morgan fingerprint density at radius 2 is 1.74 bits per heavy atom. The van der Waals surface area contributed by atoms with Crippen LogP contribution in [0.1, 0.15) is 16.7 Å². The van der Waals surface area contributed by atoms with Crippen LogP contribution in [0.4, 0.5) is 14.5 Å². The fourth-order valence-corrected chi connectivity index (χ4v) is 4.03. The maximum Gasteiger partial charge on any atom is 0.255 e. The molecule has 0 aliphatic rings. The maximum absolute atomic E-state index is 14.8. The van der Waals surface area contributed by atoms with Crippen molar-refractivity contribution in [2.24, 2.45) is 5.16 Å². The third-order valence-corrected chi connectivity index (χ3v) is 5.76. The Bertz CT molecular complexity index is 1450. The van der Waals surface area contributed by atoms with Gasteiger partial charge in [0.1, 0.15) is 24.0 Å². The average molecular weight is 514 g/mol. The summed E-state index contributed by atoms with van der Waals surface area (Å²) in [5, 5.41) is 7.71. The summed E-state index contributed by atoms with van der Waals surface area (Å²) in [6.45, 7) is 0.0951. The molecule has 0 amide bonds. The molecule has 178 valence electrons. The molecule has 0 saturated carbocycles. The molecular formula is C26H19Cl2F2N3O2. The minimum atomic E-state index is -0.835. The molecule has 0 aliphatic carbocycles. The van der Waals surface area contributed by atoms with Crippen LogP contribution in [0.15, 0.2) is 88.9 Å². The lowest BCUT2D eigenvalue weighted by Crippen LogP contribution is -2.20. The Morgan fingerprint density at radius 1 is 1.00 bits per heavy atom. The van der Waals surface area contributed by atoms with Crippen molar-refractivity contribution in [3.8, 4) is 5.69 Å². The standard InChI is InChI=1S/C26H19Cl2F2N3O2/c1-31-19-5-2-4-16(12-19)15-35-32-25(20-10-9-18(29)13-23(20)30)17-8-11-24(34)33(14-17)26-21(27)6-3-7-22(26)28/h2-14,31H,15H2,1H3. The molecule has 4 aromatic rings. The van der Waals surface area contributed by atoms with E-state index in [-0.39, 0.29) is 33.6 Å². The topological polar surface area (TPSA) is 55.6 Å². The zero-order valence-corrected chi connectivity index (χ0v) is 19.9. The van der Waals surface area contributed by atoms with Gasteiger partial charge in [-0.25, -0.2) is 8.78 Å². The summed E-state index contributed by atoms with van der Waals surface area (Å²) in [5.74, 6) is -1.57. The second kappa shape index (κ2) is 10.7. The van der Waals surface area contributed by atoms with Crippen LogP contribution in [0.25, 0.3) is 5.69 Å². The quantitative estimate of drug-likeness (QED) is 0.228. The van der Waals surface area contributed by atoms with E-state index in [4.69, 9.17) is 28.0 Å². The number of rotatable bonds is 7. The van der Waals surface area contributed by atoms with E-state index in [1.807, 2.05) is 24.3 Å². The number of halogens is 4. The number of pyridine rings is 1. The summed E-state index contributed by atoms with van der Waals surface area (Å²) in [7, 11) is 1.80. The van der Waals surface area contributed by atoms with E-state index in [1.165, 1.54) is 29.0 Å². The molecule has 0 spiro atoms. The molecule has 0 radical (unpaired) electrons. The highest BCUT2D eigenvalue weighted by atomic mass is 35.5. The first-order valence-corrected chi connectivity index (χ1v) is 11.2. The summed E-state index contributed by atoms with van der Waals surface area (Å²) >= 11 is 12.6. The number of aromatic nitrogens is 1. The molecule has 1 heterocycles. The molecule has 0 atom stereocenters. The highest BCUT2D eigenvalue weighted by Crippen LogP contribution is 2.28. The van der Waals surface area contributed by atoms with Gasteiger partial charge in [-0.05, 0) is 48.0 Å². The second-order valence-electron chi connectivity index (χ2n) is 7.48. The molecule has 0 saturated heterocycles. The highest BCUT2D eigenvalue weighted by Gasteiger charge is 2.17. The first-order chi connectivity index (χ1) is 16.9. The first-order valence-electron chi connectivity index (χ1n) is 10.5. The summed E-state index contributed by atoms with van der Waals surface area (Å²) in [6.07, 6.45) is 1.43. The fourth-order valence-electron chi connectivity index (χ4n) is 3.45. The molecule has 0 fully saturated rings. The monoisotopic (exact) mass is 513 g/mol. The van der Waals surface area contributed by atoms with Crippen LogP contribution in [0.2, 0.25) is 10.0 Å². The lowest BCUT2D eigenvalue weighted by molar-refractivity contribution is 0.131. The van der Waals surface area contributed by atoms with Crippen LogP contribution in [0, 0.1) is 11.6 Å². The van der Waals surface area contributed by atoms with Crippen molar-refractivity contribution in [2.75, 3.05) is 12.4 Å². The summed E-state index contributed by atoms with van der Waals surface area (Å²) in [4.78, 5) is 18.2. The molecule has 35 heavy (non-hydrogen) atoms. The fraction of sp³-hybridized carbons (Fsp3) is 0.0769. The predicted molar refractivity (Wildman–Crippen MR) is 135 cm³/mol. The van der Waals surface area contributed by atoms with E-state index in [1.54, 1.807) is 25.2 Å². The van der Waals surface area contributed by atoms with E-state index >= 15 is 0 Å². The van der Waals surface area contributed by atoms with Crippen LogP contribution < -0.4 is 10.9 Å². The third-order valence-electron chi connectivity index (χ3n) is 5.15. The van der Waals surface area contributed by atoms with Gasteiger partial charge in [0, 0.05) is 42.2 Å². The molecule has 0 bridgehead atoms. The minimum absolute atomic E-state index is 0.00849. The van der Waals surface area contributed by atoms with Gasteiger partial charge in [0.05, 0.1) is 15.7 Å². The van der Waals surface area contributed by atoms with E-state index in [0.717, 1.165) is 23.4 Å². The van der Waals surface area contributed by atoms with Crippen molar-refractivity contribution in [3.63, 3.8) is 0 Å². The van der Waals surface area contributed by atoms with Gasteiger partial charge in [-0.1, -0.05) is 46.6 Å². The van der Waals surface area contributed by atoms with Gasteiger partial charge in [-0.15, -0.1) is 0 Å². The van der Waals surface area contributed by atoms with Crippen molar-refractivity contribution in [3.05, 3.63) is 128 Å². The maximum atomic E-state index is 14.8. The highest BCUT2D eigenvalue weighted by molar-refractivity contribution is 6.37. The van der Waals surface area contributed by atoms with Crippen LogP contribution in [0.3, 0.4) is 0 Å². The molecule has 4 rings (SSSR count). The number of hydrogen-bond acceptors (Lipinski definition) is 4. The van der Waals surface area contributed by atoms with Crippen molar-refractivity contribution in [1.82, 2.24) is 4.57 Å². The molecule has 1 aromatic heterocycles. The molecule has 0 unspecified atom stereocenters. The van der Waals surface area contributed by atoms with Crippen molar-refractivity contribution >= 4 is 34.6 Å². The third kappa shape index (κ3) is 5.53. The lowest BCUT2D eigenvalue weighted by atomic mass is 10.0. The van der Waals surface area contributed by atoms with Crippen molar-refractivity contribution in [1.29, 1.82) is 0 Å². The molecule has 0 aliphatic heterocycles. The number of hydrogen-bond donors (Lipinski definition) is 1. The largest absolute Gasteiger partial charge is 0.390 e. The number of para-hydroxylation sites is 1. The molecule has 3 aromatic carbocycles. The molecule has 1 N–H and O–H groups in total. The van der Waals surface area contributed by atoms with Crippen LogP contribution in [0.5, 0.6) is 0 Å². The van der Waals surface area contributed by atoms with Gasteiger partial charge in [0.25, 0.3) is 5.56 Å². The number of oxime groups is 1. The second-order valence-corrected chi connectivity index (χ2v) is 8.30. The van der Waals surface area contributed by atoms with Crippen LogP contribution in [-0.4, -0.2) is 17.3 Å². The Morgan fingerprint density at radius 3 is 2.46 bits per heavy atom. The molecule has 9 heteroatoms.